The van der Waals surface area contributed by atoms with Crippen LogP contribution in [0.5, 0.6) is 11.5 Å². The molecule has 0 fully saturated rings. The Balaban J connectivity index is 1.90. The zero-order valence-electron chi connectivity index (χ0n) is 15.2. The van der Waals surface area contributed by atoms with Gasteiger partial charge in [-0.1, -0.05) is 18.2 Å². The Morgan fingerprint density at radius 3 is 2.52 bits per heavy atom. The van der Waals surface area contributed by atoms with Crippen molar-refractivity contribution in [2.24, 2.45) is 7.05 Å². The van der Waals surface area contributed by atoms with Crippen LogP contribution in [0.3, 0.4) is 0 Å². The molecule has 7 heteroatoms. The van der Waals surface area contributed by atoms with Crippen molar-refractivity contribution in [3.05, 3.63) is 70.5 Å². The molecule has 1 heterocycles. The fraction of sp³-hybridized carbons (Fsp3) is 0.150. The van der Waals surface area contributed by atoms with E-state index in [-0.39, 0.29) is 11.5 Å². The monoisotopic (exact) mass is 365 g/mol. The Bertz CT molecular complexity index is 1040. The minimum absolute atomic E-state index is 0.187. The highest BCUT2D eigenvalue weighted by Gasteiger charge is 2.16. The lowest BCUT2D eigenvalue weighted by molar-refractivity contribution is 0.102. The third-order valence-corrected chi connectivity index (χ3v) is 4.02. The normalized spacial score (nSPS) is 10.3. The number of rotatable bonds is 5. The number of nitrogens with one attached hydrogen (secondary N) is 1. The van der Waals surface area contributed by atoms with E-state index in [1.165, 1.54) is 25.0 Å². The molecule has 1 N–H and O–H groups in total. The van der Waals surface area contributed by atoms with Crippen molar-refractivity contribution in [2.45, 2.75) is 0 Å². The molecular weight excluding hydrogens is 346 g/mol. The van der Waals surface area contributed by atoms with Crippen LogP contribution in [0.1, 0.15) is 10.4 Å². The lowest BCUT2D eigenvalue weighted by Gasteiger charge is -2.13. The first-order valence-corrected chi connectivity index (χ1v) is 8.20. The van der Waals surface area contributed by atoms with E-state index in [0.717, 1.165) is 5.56 Å². The quantitative estimate of drug-likeness (QED) is 0.752. The van der Waals surface area contributed by atoms with Gasteiger partial charge in [0.05, 0.1) is 25.5 Å². The molecule has 0 saturated carbocycles. The van der Waals surface area contributed by atoms with Gasteiger partial charge >= 0.3 is 0 Å². The zero-order valence-corrected chi connectivity index (χ0v) is 15.2. The second-order valence-corrected chi connectivity index (χ2v) is 5.76. The predicted octanol–water partition coefficient (Wildman–Crippen LogP) is 2.72. The standard InChI is InChI=1S/C20H19N3O4/c1-23-18(24)11-10-16(22-23)13-6-4-7-14(12-13)21-20(25)15-8-5-9-17(26-2)19(15)27-3/h4-12H,1-3H3,(H,21,25). The van der Waals surface area contributed by atoms with Gasteiger partial charge in [0.1, 0.15) is 0 Å². The third-order valence-electron chi connectivity index (χ3n) is 4.02. The Morgan fingerprint density at radius 1 is 1.04 bits per heavy atom. The molecule has 0 saturated heterocycles. The lowest BCUT2D eigenvalue weighted by Crippen LogP contribution is -2.18. The maximum atomic E-state index is 12.7. The molecule has 7 nitrogen and oxygen atoms in total. The number of aromatic nitrogens is 2. The van der Waals surface area contributed by atoms with Crippen LogP contribution in [-0.2, 0) is 7.05 Å². The topological polar surface area (TPSA) is 82.5 Å². The van der Waals surface area contributed by atoms with E-state index < -0.39 is 0 Å². The zero-order chi connectivity index (χ0) is 19.4. The van der Waals surface area contributed by atoms with Gasteiger partial charge < -0.3 is 14.8 Å². The summed E-state index contributed by atoms with van der Waals surface area (Å²) < 4.78 is 11.8. The molecule has 0 unspecified atom stereocenters. The van der Waals surface area contributed by atoms with Gasteiger partial charge in [-0.2, -0.15) is 5.10 Å². The average Bonchev–Trinajstić information content (AvgIpc) is 2.69. The van der Waals surface area contributed by atoms with Gasteiger partial charge in [0, 0.05) is 24.4 Å². The molecule has 3 rings (SSSR count). The van der Waals surface area contributed by atoms with Crippen LogP contribution in [-0.4, -0.2) is 29.9 Å². The van der Waals surface area contributed by atoms with E-state index in [0.29, 0.717) is 28.4 Å². The summed E-state index contributed by atoms with van der Waals surface area (Å²) in [5.41, 5.74) is 2.18. The summed E-state index contributed by atoms with van der Waals surface area (Å²) in [5, 5.41) is 7.08. The second-order valence-electron chi connectivity index (χ2n) is 5.76. The van der Waals surface area contributed by atoms with E-state index in [1.54, 1.807) is 49.5 Å². The molecule has 1 amide bonds. The van der Waals surface area contributed by atoms with Crippen LogP contribution >= 0.6 is 0 Å². The Morgan fingerprint density at radius 2 is 1.81 bits per heavy atom. The van der Waals surface area contributed by atoms with Crippen molar-refractivity contribution in [1.82, 2.24) is 9.78 Å². The maximum Gasteiger partial charge on any atom is 0.266 e. The largest absolute Gasteiger partial charge is 0.493 e. The number of benzene rings is 2. The summed E-state index contributed by atoms with van der Waals surface area (Å²) in [6.07, 6.45) is 0. The van der Waals surface area contributed by atoms with Crippen LogP contribution in [0.15, 0.2) is 59.4 Å². The van der Waals surface area contributed by atoms with Crippen LogP contribution < -0.4 is 20.3 Å². The highest BCUT2D eigenvalue weighted by Crippen LogP contribution is 2.31. The van der Waals surface area contributed by atoms with Crippen molar-refractivity contribution in [2.75, 3.05) is 19.5 Å². The van der Waals surface area contributed by atoms with Gasteiger partial charge in [-0.15, -0.1) is 0 Å². The van der Waals surface area contributed by atoms with E-state index in [9.17, 15) is 9.59 Å². The molecule has 138 valence electrons. The van der Waals surface area contributed by atoms with Gasteiger partial charge in [0.2, 0.25) is 0 Å². The Hall–Kier alpha value is -3.61. The number of hydrogen-bond donors (Lipinski definition) is 1. The molecule has 1 aromatic heterocycles. The van der Waals surface area contributed by atoms with E-state index >= 15 is 0 Å². The van der Waals surface area contributed by atoms with Gasteiger partial charge in [0.25, 0.3) is 11.5 Å². The third kappa shape index (κ3) is 3.82. The van der Waals surface area contributed by atoms with Crippen molar-refractivity contribution < 1.29 is 14.3 Å². The van der Waals surface area contributed by atoms with Gasteiger partial charge in [-0.3, -0.25) is 9.59 Å². The minimum Gasteiger partial charge on any atom is -0.493 e. The number of ether oxygens (including phenoxy) is 2. The van der Waals surface area contributed by atoms with Crippen molar-refractivity contribution in [1.29, 1.82) is 0 Å². The Labute approximate surface area is 156 Å². The summed E-state index contributed by atoms with van der Waals surface area (Å²) in [6.45, 7) is 0. The van der Waals surface area contributed by atoms with Crippen molar-refractivity contribution >= 4 is 11.6 Å². The molecule has 0 radical (unpaired) electrons. The Kier molecular flexibility index (Phi) is 5.21. The summed E-state index contributed by atoms with van der Waals surface area (Å²) in [4.78, 5) is 24.2. The number of hydrogen-bond acceptors (Lipinski definition) is 5. The fourth-order valence-corrected chi connectivity index (χ4v) is 2.68. The number of carbonyl (C=O) groups excluding carboxylic acids is 1. The average molecular weight is 365 g/mol. The number of amides is 1. The highest BCUT2D eigenvalue weighted by atomic mass is 16.5. The first kappa shape index (κ1) is 18.2. The number of carbonyl (C=O) groups is 1. The van der Waals surface area contributed by atoms with Crippen LogP contribution in [0.25, 0.3) is 11.3 Å². The molecule has 2 aromatic carbocycles. The second kappa shape index (κ2) is 7.74. The summed E-state index contributed by atoms with van der Waals surface area (Å²) in [5.74, 6) is 0.526. The number of nitrogens with zero attached hydrogens (tertiary/aromatic N) is 2. The van der Waals surface area contributed by atoms with Gasteiger partial charge in [-0.05, 0) is 30.3 Å². The SMILES string of the molecule is COc1cccc(C(=O)Nc2cccc(-c3ccc(=O)n(C)n3)c2)c1OC. The minimum atomic E-state index is -0.323. The maximum absolute atomic E-state index is 12.7. The summed E-state index contributed by atoms with van der Waals surface area (Å²) in [7, 11) is 4.59. The van der Waals surface area contributed by atoms with E-state index in [1.807, 2.05) is 6.07 Å². The van der Waals surface area contributed by atoms with Gasteiger partial charge in [0.15, 0.2) is 11.5 Å². The summed E-state index contributed by atoms with van der Waals surface area (Å²) in [6, 6.07) is 15.4. The number of anilines is 1. The molecule has 0 bridgehead atoms. The summed E-state index contributed by atoms with van der Waals surface area (Å²) >= 11 is 0. The predicted molar refractivity (Wildman–Crippen MR) is 102 cm³/mol. The smallest absolute Gasteiger partial charge is 0.266 e. The molecule has 0 spiro atoms. The number of para-hydroxylation sites is 1. The molecule has 0 aliphatic carbocycles. The highest BCUT2D eigenvalue weighted by molar-refractivity contribution is 6.07. The van der Waals surface area contributed by atoms with Crippen LogP contribution in [0.2, 0.25) is 0 Å². The van der Waals surface area contributed by atoms with Crippen LogP contribution in [0, 0.1) is 0 Å². The molecule has 0 aliphatic rings. The molecule has 0 aliphatic heterocycles. The van der Waals surface area contributed by atoms with E-state index in [2.05, 4.69) is 10.4 Å². The van der Waals surface area contributed by atoms with Gasteiger partial charge in [-0.25, -0.2) is 4.68 Å². The number of methoxy groups -OCH3 is 2. The fourth-order valence-electron chi connectivity index (χ4n) is 2.68. The molecular formula is C20H19N3O4. The van der Waals surface area contributed by atoms with Crippen molar-refractivity contribution in [3.63, 3.8) is 0 Å². The first-order valence-electron chi connectivity index (χ1n) is 8.20. The molecule has 27 heavy (non-hydrogen) atoms. The number of aryl methyl sites for hydroxylation is 1. The van der Waals surface area contributed by atoms with Crippen LogP contribution in [0.4, 0.5) is 5.69 Å². The first-order chi connectivity index (χ1) is 13.0. The lowest BCUT2D eigenvalue weighted by atomic mass is 10.1. The molecule has 0 atom stereocenters. The molecule has 3 aromatic rings. The van der Waals surface area contributed by atoms with Crippen molar-refractivity contribution in [3.8, 4) is 22.8 Å². The van der Waals surface area contributed by atoms with E-state index in [4.69, 9.17) is 9.47 Å².